The first-order chi connectivity index (χ1) is 5.74. The molecule has 0 amide bonds. The summed E-state index contributed by atoms with van der Waals surface area (Å²) in [4.78, 5) is 22.0. The minimum atomic E-state index is -0.0561. The summed E-state index contributed by atoms with van der Waals surface area (Å²) < 4.78 is 1.45. The molecule has 0 atom stereocenters. The Balaban J connectivity index is 2.58. The van der Waals surface area contributed by atoms with Gasteiger partial charge in [0.15, 0.2) is 5.78 Å². The van der Waals surface area contributed by atoms with Crippen LogP contribution in [-0.2, 0) is 11.3 Å². The fourth-order valence-corrected chi connectivity index (χ4v) is 1.54. The smallest absolute Gasteiger partial charge is 0.299 e. The Labute approximate surface area is 74.6 Å². The molecule has 1 rings (SSSR count). The number of nitrogens with zero attached hydrogens (tertiary/aromatic N) is 1. The molecule has 66 valence electrons. The Hall–Kier alpha value is -0.900. The topological polar surface area (TPSA) is 39.1 Å². The second kappa shape index (κ2) is 4.21. The molecule has 0 saturated heterocycles. The zero-order valence-electron chi connectivity index (χ0n) is 6.95. The lowest BCUT2D eigenvalue weighted by Gasteiger charge is -1.97. The summed E-state index contributed by atoms with van der Waals surface area (Å²) in [6.45, 7) is 2.18. The van der Waals surface area contributed by atoms with Crippen molar-refractivity contribution in [2.45, 2.75) is 26.3 Å². The lowest BCUT2D eigenvalue weighted by molar-refractivity contribution is -0.119. The monoisotopic (exact) mass is 185 g/mol. The van der Waals surface area contributed by atoms with Crippen molar-refractivity contribution in [3.8, 4) is 0 Å². The summed E-state index contributed by atoms with van der Waals surface area (Å²) in [6.07, 6.45) is 3.06. The molecule has 0 N–H and O–H groups in total. The van der Waals surface area contributed by atoms with Crippen LogP contribution in [0.4, 0.5) is 0 Å². The van der Waals surface area contributed by atoms with Crippen molar-refractivity contribution < 1.29 is 4.79 Å². The van der Waals surface area contributed by atoms with E-state index in [0.29, 0.717) is 6.42 Å². The molecule has 0 aliphatic carbocycles. The van der Waals surface area contributed by atoms with E-state index in [9.17, 15) is 9.59 Å². The quantitative estimate of drug-likeness (QED) is 0.708. The second-order valence-corrected chi connectivity index (χ2v) is 3.44. The van der Waals surface area contributed by atoms with Gasteiger partial charge >= 0.3 is 4.87 Å². The fraction of sp³-hybridized carbons (Fsp3) is 0.500. The van der Waals surface area contributed by atoms with Gasteiger partial charge in [-0.3, -0.25) is 14.2 Å². The van der Waals surface area contributed by atoms with Crippen LogP contribution in [0, 0.1) is 0 Å². The minimum Gasteiger partial charge on any atom is -0.299 e. The summed E-state index contributed by atoms with van der Waals surface area (Å²) in [7, 11) is 0. The van der Waals surface area contributed by atoms with Crippen LogP contribution < -0.4 is 4.87 Å². The normalized spacial score (nSPS) is 10.1. The molecule has 0 saturated carbocycles. The van der Waals surface area contributed by atoms with Crippen LogP contribution in [0.15, 0.2) is 16.4 Å². The Kier molecular flexibility index (Phi) is 3.22. The number of Topliss-reactive ketones (excluding diaryl/α,β-unsaturated/α-hetero) is 1. The van der Waals surface area contributed by atoms with Gasteiger partial charge < -0.3 is 0 Å². The van der Waals surface area contributed by atoms with Gasteiger partial charge in [0.05, 0.1) is 6.54 Å². The lowest BCUT2D eigenvalue weighted by atomic mass is 10.2. The second-order valence-electron chi connectivity index (χ2n) is 2.59. The minimum absolute atomic E-state index is 0.0561. The van der Waals surface area contributed by atoms with E-state index in [1.165, 1.54) is 4.57 Å². The van der Waals surface area contributed by atoms with Crippen LogP contribution in [0.2, 0.25) is 0 Å². The molecule has 0 fully saturated rings. The first kappa shape index (κ1) is 9.19. The number of hydrogen-bond donors (Lipinski definition) is 0. The molecule has 1 aromatic heterocycles. The Morgan fingerprint density at radius 3 is 2.92 bits per heavy atom. The predicted octanol–water partition coefficient (Wildman–Crippen LogP) is 1.28. The molecular weight excluding hydrogens is 174 g/mol. The van der Waals surface area contributed by atoms with E-state index >= 15 is 0 Å². The Morgan fingerprint density at radius 1 is 1.67 bits per heavy atom. The number of ketones is 1. The van der Waals surface area contributed by atoms with E-state index in [4.69, 9.17) is 0 Å². The molecule has 3 nitrogen and oxygen atoms in total. The van der Waals surface area contributed by atoms with Crippen molar-refractivity contribution in [2.75, 3.05) is 0 Å². The first-order valence-electron chi connectivity index (χ1n) is 3.89. The number of thiazole rings is 1. The van der Waals surface area contributed by atoms with Crippen LogP contribution >= 0.6 is 11.3 Å². The number of rotatable bonds is 4. The van der Waals surface area contributed by atoms with E-state index in [0.717, 1.165) is 17.8 Å². The average Bonchev–Trinajstić information content (AvgIpc) is 2.37. The molecular formula is C8H11NO2S. The molecule has 1 aromatic rings. The van der Waals surface area contributed by atoms with Crippen molar-refractivity contribution in [3.63, 3.8) is 0 Å². The molecule has 0 aliphatic heterocycles. The number of carbonyl (C=O) groups excluding carboxylic acids is 1. The zero-order chi connectivity index (χ0) is 8.97. The van der Waals surface area contributed by atoms with Gasteiger partial charge in [-0.05, 0) is 6.42 Å². The highest BCUT2D eigenvalue weighted by molar-refractivity contribution is 7.07. The molecule has 1 heterocycles. The summed E-state index contributed by atoms with van der Waals surface area (Å²) in [5.41, 5.74) is 0. The molecule has 0 unspecified atom stereocenters. The molecule has 0 bridgehead atoms. The Morgan fingerprint density at radius 2 is 2.42 bits per heavy atom. The van der Waals surface area contributed by atoms with Crippen LogP contribution in [0.5, 0.6) is 0 Å². The highest BCUT2D eigenvalue weighted by Gasteiger charge is 2.02. The molecule has 0 spiro atoms. The van der Waals surface area contributed by atoms with Crippen molar-refractivity contribution >= 4 is 17.1 Å². The van der Waals surface area contributed by atoms with Crippen molar-refractivity contribution in [1.29, 1.82) is 0 Å². The van der Waals surface area contributed by atoms with Gasteiger partial charge in [0, 0.05) is 18.0 Å². The van der Waals surface area contributed by atoms with Crippen molar-refractivity contribution in [1.82, 2.24) is 4.57 Å². The van der Waals surface area contributed by atoms with Gasteiger partial charge in [0.25, 0.3) is 0 Å². The van der Waals surface area contributed by atoms with Gasteiger partial charge in [-0.2, -0.15) is 0 Å². The standard InChI is InChI=1S/C8H11NO2S/c1-2-3-7(10)6-9-4-5-12-8(9)11/h4-5H,2-3,6H2,1H3. The first-order valence-corrected chi connectivity index (χ1v) is 4.77. The molecule has 0 aromatic carbocycles. The predicted molar refractivity (Wildman–Crippen MR) is 48.5 cm³/mol. The van der Waals surface area contributed by atoms with Crippen molar-refractivity contribution in [3.05, 3.63) is 21.2 Å². The van der Waals surface area contributed by atoms with Crippen LogP contribution in [-0.4, -0.2) is 10.4 Å². The van der Waals surface area contributed by atoms with E-state index in [-0.39, 0.29) is 17.2 Å². The maximum atomic E-state index is 11.1. The summed E-state index contributed by atoms with van der Waals surface area (Å²) in [6, 6.07) is 0. The van der Waals surface area contributed by atoms with E-state index in [2.05, 4.69) is 0 Å². The lowest BCUT2D eigenvalue weighted by Crippen LogP contribution is -2.17. The molecule has 12 heavy (non-hydrogen) atoms. The third kappa shape index (κ3) is 2.30. The SMILES string of the molecule is CCCC(=O)Cn1ccsc1=O. The molecule has 4 heteroatoms. The van der Waals surface area contributed by atoms with E-state index in [1.54, 1.807) is 11.6 Å². The Bertz CT molecular complexity index is 313. The largest absolute Gasteiger partial charge is 0.307 e. The summed E-state index contributed by atoms with van der Waals surface area (Å²) in [5.74, 6) is 0.123. The number of hydrogen-bond acceptors (Lipinski definition) is 3. The van der Waals surface area contributed by atoms with Crippen molar-refractivity contribution in [2.24, 2.45) is 0 Å². The van der Waals surface area contributed by atoms with Gasteiger partial charge in [0.2, 0.25) is 0 Å². The fourth-order valence-electron chi connectivity index (χ4n) is 0.956. The van der Waals surface area contributed by atoms with Gasteiger partial charge in [0.1, 0.15) is 0 Å². The summed E-state index contributed by atoms with van der Waals surface area (Å²) >= 11 is 1.12. The molecule has 0 aliphatic rings. The van der Waals surface area contributed by atoms with Crippen LogP contribution in [0.25, 0.3) is 0 Å². The average molecular weight is 185 g/mol. The zero-order valence-corrected chi connectivity index (χ0v) is 7.76. The van der Waals surface area contributed by atoms with Crippen LogP contribution in [0.1, 0.15) is 19.8 Å². The number of aromatic nitrogens is 1. The highest BCUT2D eigenvalue weighted by Crippen LogP contribution is 1.94. The maximum absolute atomic E-state index is 11.1. The van der Waals surface area contributed by atoms with Crippen LogP contribution in [0.3, 0.4) is 0 Å². The third-order valence-corrected chi connectivity index (χ3v) is 2.21. The van der Waals surface area contributed by atoms with Gasteiger partial charge in [-0.1, -0.05) is 18.3 Å². The maximum Gasteiger partial charge on any atom is 0.307 e. The summed E-state index contributed by atoms with van der Waals surface area (Å²) in [5, 5.41) is 1.70. The van der Waals surface area contributed by atoms with Gasteiger partial charge in [-0.25, -0.2) is 0 Å². The van der Waals surface area contributed by atoms with Gasteiger partial charge in [-0.15, -0.1) is 0 Å². The molecule has 0 radical (unpaired) electrons. The highest BCUT2D eigenvalue weighted by atomic mass is 32.1. The number of carbonyl (C=O) groups is 1. The van der Waals surface area contributed by atoms with E-state index in [1.807, 2.05) is 6.92 Å². The third-order valence-electron chi connectivity index (χ3n) is 1.52. The van der Waals surface area contributed by atoms with E-state index < -0.39 is 0 Å².